The lowest BCUT2D eigenvalue weighted by Gasteiger charge is -2.31. The maximum Gasteiger partial charge on any atom is 0.130 e. The van der Waals surface area contributed by atoms with Gasteiger partial charge in [0.05, 0.1) is 21.3 Å². The predicted octanol–water partition coefficient (Wildman–Crippen LogP) is 2.48. The van der Waals surface area contributed by atoms with E-state index in [1.165, 1.54) is 12.8 Å². The Kier molecular flexibility index (Phi) is 4.20. The second-order valence-electron chi connectivity index (χ2n) is 5.10. The molecular weight excluding hydrogens is 242 g/mol. The van der Waals surface area contributed by atoms with Gasteiger partial charge in [0.1, 0.15) is 17.2 Å². The van der Waals surface area contributed by atoms with Gasteiger partial charge in [0, 0.05) is 29.7 Å². The number of benzene rings is 1. The van der Waals surface area contributed by atoms with Gasteiger partial charge in [-0.15, -0.1) is 0 Å². The van der Waals surface area contributed by atoms with Crippen LogP contribution in [-0.4, -0.2) is 27.9 Å². The number of hydrogen-bond donors (Lipinski definition) is 1. The van der Waals surface area contributed by atoms with Gasteiger partial charge in [-0.1, -0.05) is 12.8 Å². The normalized spacial score (nSPS) is 17.3. The van der Waals surface area contributed by atoms with Crippen molar-refractivity contribution in [3.05, 3.63) is 17.7 Å². The zero-order valence-electron chi connectivity index (χ0n) is 12.0. The van der Waals surface area contributed by atoms with Crippen molar-refractivity contribution < 1.29 is 14.2 Å². The molecule has 4 heteroatoms. The Morgan fingerprint density at radius 3 is 1.89 bits per heavy atom. The molecule has 1 fully saturated rings. The summed E-state index contributed by atoms with van der Waals surface area (Å²) in [7, 11) is 5.00. The monoisotopic (exact) mass is 265 g/mol. The summed E-state index contributed by atoms with van der Waals surface area (Å²) in [5.41, 5.74) is 7.15. The molecule has 0 unspecified atom stereocenters. The molecule has 0 radical (unpaired) electrons. The topological polar surface area (TPSA) is 53.7 Å². The molecule has 0 amide bonds. The van der Waals surface area contributed by atoms with E-state index in [2.05, 4.69) is 0 Å². The van der Waals surface area contributed by atoms with Crippen LogP contribution in [-0.2, 0) is 5.41 Å². The summed E-state index contributed by atoms with van der Waals surface area (Å²) in [6.07, 6.45) is 4.58. The van der Waals surface area contributed by atoms with Crippen LogP contribution in [0.25, 0.3) is 0 Å². The maximum atomic E-state index is 6.08. The van der Waals surface area contributed by atoms with Crippen molar-refractivity contribution in [3.63, 3.8) is 0 Å². The first-order chi connectivity index (χ1) is 9.20. The Balaban J connectivity index is 2.59. The van der Waals surface area contributed by atoms with Crippen LogP contribution in [0.2, 0.25) is 0 Å². The van der Waals surface area contributed by atoms with E-state index in [4.69, 9.17) is 19.9 Å². The fraction of sp³-hybridized carbons (Fsp3) is 0.600. The third kappa shape index (κ3) is 2.37. The van der Waals surface area contributed by atoms with E-state index in [0.717, 1.165) is 35.7 Å². The number of rotatable bonds is 5. The van der Waals surface area contributed by atoms with Gasteiger partial charge in [-0.05, 0) is 12.8 Å². The summed E-state index contributed by atoms with van der Waals surface area (Å²) in [5.74, 6) is 2.36. The Bertz CT molecular complexity index is 414. The average Bonchev–Trinajstić information content (AvgIpc) is 2.95. The van der Waals surface area contributed by atoms with Crippen molar-refractivity contribution in [2.75, 3.05) is 27.9 Å². The Morgan fingerprint density at radius 2 is 1.53 bits per heavy atom. The lowest BCUT2D eigenvalue weighted by Crippen LogP contribution is -2.33. The molecule has 106 valence electrons. The molecule has 1 aliphatic carbocycles. The van der Waals surface area contributed by atoms with E-state index in [-0.39, 0.29) is 5.41 Å². The first-order valence-electron chi connectivity index (χ1n) is 6.71. The fourth-order valence-electron chi connectivity index (χ4n) is 3.14. The zero-order chi connectivity index (χ0) is 13.9. The van der Waals surface area contributed by atoms with Gasteiger partial charge in [-0.3, -0.25) is 0 Å². The number of nitrogens with two attached hydrogens (primary N) is 1. The lowest BCUT2D eigenvalue weighted by molar-refractivity contribution is 0.338. The molecule has 2 rings (SSSR count). The summed E-state index contributed by atoms with van der Waals surface area (Å²) in [5, 5.41) is 0. The number of ether oxygens (including phenoxy) is 3. The van der Waals surface area contributed by atoms with Gasteiger partial charge in [-0.2, -0.15) is 0 Å². The van der Waals surface area contributed by atoms with Gasteiger partial charge >= 0.3 is 0 Å². The van der Waals surface area contributed by atoms with E-state index < -0.39 is 0 Å². The molecule has 1 aromatic rings. The van der Waals surface area contributed by atoms with E-state index in [1.807, 2.05) is 12.1 Å². The predicted molar refractivity (Wildman–Crippen MR) is 75.3 cm³/mol. The highest BCUT2D eigenvalue weighted by Gasteiger charge is 2.39. The van der Waals surface area contributed by atoms with Crippen molar-refractivity contribution >= 4 is 0 Å². The Labute approximate surface area is 114 Å². The smallest absolute Gasteiger partial charge is 0.130 e. The molecule has 1 aromatic carbocycles. The average molecular weight is 265 g/mol. The van der Waals surface area contributed by atoms with Gasteiger partial charge < -0.3 is 19.9 Å². The van der Waals surface area contributed by atoms with Crippen LogP contribution >= 0.6 is 0 Å². The Morgan fingerprint density at radius 1 is 1.00 bits per heavy atom. The van der Waals surface area contributed by atoms with Crippen molar-refractivity contribution in [1.82, 2.24) is 0 Å². The van der Waals surface area contributed by atoms with Crippen LogP contribution in [0.5, 0.6) is 17.2 Å². The van der Waals surface area contributed by atoms with Gasteiger partial charge in [0.15, 0.2) is 0 Å². The zero-order valence-corrected chi connectivity index (χ0v) is 12.0. The first-order valence-corrected chi connectivity index (χ1v) is 6.71. The van der Waals surface area contributed by atoms with Crippen molar-refractivity contribution in [3.8, 4) is 17.2 Å². The summed E-state index contributed by atoms with van der Waals surface area (Å²) in [6.45, 7) is 0.617. The van der Waals surface area contributed by atoms with Crippen LogP contribution in [0.4, 0.5) is 0 Å². The minimum atomic E-state index is -0.0248. The fourth-order valence-corrected chi connectivity index (χ4v) is 3.14. The molecule has 1 saturated carbocycles. The van der Waals surface area contributed by atoms with Crippen molar-refractivity contribution in [2.24, 2.45) is 5.73 Å². The minimum Gasteiger partial charge on any atom is -0.496 e. The first kappa shape index (κ1) is 14.0. The second kappa shape index (κ2) is 5.70. The van der Waals surface area contributed by atoms with Crippen LogP contribution in [0.1, 0.15) is 31.2 Å². The number of hydrogen-bond acceptors (Lipinski definition) is 4. The molecule has 2 N–H and O–H groups in total. The largest absolute Gasteiger partial charge is 0.496 e. The highest BCUT2D eigenvalue weighted by Crippen LogP contribution is 2.49. The van der Waals surface area contributed by atoms with Crippen LogP contribution in [0.3, 0.4) is 0 Å². The van der Waals surface area contributed by atoms with Gasteiger partial charge in [-0.25, -0.2) is 0 Å². The molecule has 1 aliphatic rings. The highest BCUT2D eigenvalue weighted by molar-refractivity contribution is 5.55. The van der Waals surface area contributed by atoms with E-state index in [9.17, 15) is 0 Å². The molecule has 0 saturated heterocycles. The van der Waals surface area contributed by atoms with E-state index >= 15 is 0 Å². The van der Waals surface area contributed by atoms with Crippen molar-refractivity contribution in [1.29, 1.82) is 0 Å². The van der Waals surface area contributed by atoms with Crippen LogP contribution in [0, 0.1) is 0 Å². The molecule has 0 aromatic heterocycles. The van der Waals surface area contributed by atoms with Crippen LogP contribution < -0.4 is 19.9 Å². The molecular formula is C15H23NO3. The summed E-state index contributed by atoms with van der Waals surface area (Å²) >= 11 is 0. The third-order valence-corrected chi connectivity index (χ3v) is 4.20. The number of methoxy groups -OCH3 is 3. The molecule has 0 heterocycles. The summed E-state index contributed by atoms with van der Waals surface area (Å²) in [4.78, 5) is 0. The highest BCUT2D eigenvalue weighted by atomic mass is 16.5. The lowest BCUT2D eigenvalue weighted by atomic mass is 9.77. The standard InChI is InChI=1S/C15H23NO3/c1-17-11-8-12(18-2)14(13(9-11)19-3)15(10-16)6-4-5-7-15/h8-9H,4-7,10,16H2,1-3H3. The second-order valence-corrected chi connectivity index (χ2v) is 5.10. The summed E-state index contributed by atoms with van der Waals surface area (Å²) < 4.78 is 16.4. The third-order valence-electron chi connectivity index (χ3n) is 4.20. The Hall–Kier alpha value is -1.42. The van der Waals surface area contributed by atoms with Crippen molar-refractivity contribution in [2.45, 2.75) is 31.1 Å². The molecule has 19 heavy (non-hydrogen) atoms. The molecule has 0 aliphatic heterocycles. The minimum absolute atomic E-state index is 0.0248. The van der Waals surface area contributed by atoms with Gasteiger partial charge in [0.2, 0.25) is 0 Å². The quantitative estimate of drug-likeness (QED) is 0.888. The maximum absolute atomic E-state index is 6.08. The van der Waals surface area contributed by atoms with Gasteiger partial charge in [0.25, 0.3) is 0 Å². The van der Waals surface area contributed by atoms with Crippen LogP contribution in [0.15, 0.2) is 12.1 Å². The molecule has 4 nitrogen and oxygen atoms in total. The van der Waals surface area contributed by atoms with E-state index in [1.54, 1.807) is 21.3 Å². The molecule has 0 atom stereocenters. The molecule has 0 spiro atoms. The summed E-state index contributed by atoms with van der Waals surface area (Å²) in [6, 6.07) is 3.82. The molecule has 0 bridgehead atoms. The SMILES string of the molecule is COc1cc(OC)c(C2(CN)CCCC2)c(OC)c1. The van der Waals surface area contributed by atoms with E-state index in [0.29, 0.717) is 6.54 Å².